The zero-order valence-electron chi connectivity index (χ0n) is 8.62. The third kappa shape index (κ3) is 3.43. The highest BCUT2D eigenvalue weighted by molar-refractivity contribution is 14.1. The van der Waals surface area contributed by atoms with Gasteiger partial charge in [-0.3, -0.25) is 0 Å². The maximum atomic E-state index is 9.14. The van der Waals surface area contributed by atoms with Gasteiger partial charge in [-0.15, -0.1) is 0 Å². The van der Waals surface area contributed by atoms with Gasteiger partial charge in [0.1, 0.15) is 0 Å². The second kappa shape index (κ2) is 5.27. The molecular formula is C12H16INO. The zero-order valence-corrected chi connectivity index (χ0v) is 10.8. The number of hydrogen-bond acceptors (Lipinski definition) is 2. The molecule has 1 fully saturated rings. The topological polar surface area (TPSA) is 32.3 Å². The van der Waals surface area contributed by atoms with E-state index in [9.17, 15) is 0 Å². The summed E-state index contributed by atoms with van der Waals surface area (Å²) in [5, 5.41) is 12.6. The Hall–Kier alpha value is -0.130. The van der Waals surface area contributed by atoms with E-state index >= 15 is 0 Å². The molecule has 1 aromatic carbocycles. The lowest BCUT2D eigenvalue weighted by atomic mass is 9.82. The first-order valence-electron chi connectivity index (χ1n) is 5.37. The van der Waals surface area contributed by atoms with Crippen LogP contribution in [-0.2, 0) is 6.54 Å². The lowest BCUT2D eigenvalue weighted by Gasteiger charge is -2.31. The highest BCUT2D eigenvalue weighted by Crippen LogP contribution is 2.26. The minimum atomic E-state index is -0.0323. The van der Waals surface area contributed by atoms with Crippen LogP contribution >= 0.6 is 22.6 Å². The number of hydrogen-bond donors (Lipinski definition) is 2. The van der Waals surface area contributed by atoms with Gasteiger partial charge in [0.15, 0.2) is 0 Å². The van der Waals surface area contributed by atoms with E-state index in [2.05, 4.69) is 52.2 Å². The fourth-order valence-electron chi connectivity index (χ4n) is 1.89. The van der Waals surface area contributed by atoms with E-state index in [0.717, 1.165) is 25.9 Å². The van der Waals surface area contributed by atoms with Crippen LogP contribution in [0.2, 0.25) is 0 Å². The fourth-order valence-corrected chi connectivity index (χ4v) is 2.25. The molecule has 1 aromatic rings. The Labute approximate surface area is 104 Å². The Kier molecular flexibility index (Phi) is 3.99. The molecule has 1 aliphatic carbocycles. The Balaban J connectivity index is 1.67. The predicted molar refractivity (Wildman–Crippen MR) is 69.6 cm³/mol. The molecule has 0 amide bonds. The number of benzene rings is 1. The zero-order chi connectivity index (χ0) is 10.7. The standard InChI is InChI=1S/C12H16INO/c13-11-3-1-9(2-4-11)7-14-8-10-5-12(15)6-10/h1-4,10,12,14-15H,5-8H2. The molecule has 0 spiro atoms. The molecule has 1 saturated carbocycles. The normalized spacial score (nSPS) is 24.9. The number of aliphatic hydroxyl groups excluding tert-OH is 1. The lowest BCUT2D eigenvalue weighted by molar-refractivity contribution is 0.0430. The van der Waals surface area contributed by atoms with Gasteiger partial charge >= 0.3 is 0 Å². The third-order valence-electron chi connectivity index (χ3n) is 2.89. The summed E-state index contributed by atoms with van der Waals surface area (Å²) in [7, 11) is 0. The molecular weight excluding hydrogens is 301 g/mol. The molecule has 0 radical (unpaired) electrons. The molecule has 82 valence electrons. The number of rotatable bonds is 4. The van der Waals surface area contributed by atoms with E-state index in [4.69, 9.17) is 5.11 Å². The number of halogens is 1. The van der Waals surface area contributed by atoms with Crippen molar-refractivity contribution in [1.29, 1.82) is 0 Å². The van der Waals surface area contributed by atoms with Gasteiger partial charge in [-0.2, -0.15) is 0 Å². The van der Waals surface area contributed by atoms with Crippen molar-refractivity contribution in [2.24, 2.45) is 5.92 Å². The van der Waals surface area contributed by atoms with Crippen LogP contribution < -0.4 is 5.32 Å². The second-order valence-electron chi connectivity index (χ2n) is 4.25. The van der Waals surface area contributed by atoms with Gasteiger partial charge in [0.2, 0.25) is 0 Å². The van der Waals surface area contributed by atoms with Crippen molar-refractivity contribution in [3.63, 3.8) is 0 Å². The van der Waals surface area contributed by atoms with E-state index < -0.39 is 0 Å². The summed E-state index contributed by atoms with van der Waals surface area (Å²) in [6, 6.07) is 8.57. The monoisotopic (exact) mass is 317 g/mol. The first-order chi connectivity index (χ1) is 7.24. The highest BCUT2D eigenvalue weighted by atomic mass is 127. The molecule has 15 heavy (non-hydrogen) atoms. The van der Waals surface area contributed by atoms with Crippen molar-refractivity contribution in [2.75, 3.05) is 6.54 Å². The summed E-state index contributed by atoms with van der Waals surface area (Å²) in [4.78, 5) is 0. The largest absolute Gasteiger partial charge is 0.393 e. The molecule has 0 heterocycles. The van der Waals surface area contributed by atoms with Crippen molar-refractivity contribution >= 4 is 22.6 Å². The van der Waals surface area contributed by atoms with Gasteiger partial charge < -0.3 is 10.4 Å². The van der Waals surface area contributed by atoms with Crippen molar-refractivity contribution in [3.8, 4) is 0 Å². The molecule has 3 heteroatoms. The second-order valence-corrected chi connectivity index (χ2v) is 5.49. The Morgan fingerprint density at radius 1 is 1.27 bits per heavy atom. The minimum absolute atomic E-state index is 0.0323. The fraction of sp³-hybridized carbons (Fsp3) is 0.500. The molecule has 0 atom stereocenters. The smallest absolute Gasteiger partial charge is 0.0546 e. The summed E-state index contributed by atoms with van der Waals surface area (Å²) in [6.07, 6.45) is 1.91. The van der Waals surface area contributed by atoms with Gasteiger partial charge in [-0.05, 0) is 65.6 Å². The maximum Gasteiger partial charge on any atom is 0.0546 e. The minimum Gasteiger partial charge on any atom is -0.393 e. The van der Waals surface area contributed by atoms with Gasteiger partial charge in [0, 0.05) is 10.1 Å². The summed E-state index contributed by atoms with van der Waals surface area (Å²) < 4.78 is 1.28. The summed E-state index contributed by atoms with van der Waals surface area (Å²) in [6.45, 7) is 1.96. The highest BCUT2D eigenvalue weighted by Gasteiger charge is 2.26. The molecule has 0 unspecified atom stereocenters. The van der Waals surface area contributed by atoms with Crippen molar-refractivity contribution in [1.82, 2.24) is 5.32 Å². The van der Waals surface area contributed by atoms with E-state index in [0.29, 0.717) is 5.92 Å². The quantitative estimate of drug-likeness (QED) is 0.834. The van der Waals surface area contributed by atoms with Gasteiger partial charge in [0.05, 0.1) is 6.10 Å². The van der Waals surface area contributed by atoms with Crippen molar-refractivity contribution in [3.05, 3.63) is 33.4 Å². The molecule has 2 N–H and O–H groups in total. The average Bonchev–Trinajstić information content (AvgIpc) is 2.18. The molecule has 2 rings (SSSR count). The molecule has 0 bridgehead atoms. The van der Waals surface area contributed by atoms with Crippen LogP contribution in [0, 0.1) is 9.49 Å². The SMILES string of the molecule is OC1CC(CNCc2ccc(I)cc2)C1. The van der Waals surface area contributed by atoms with Crippen molar-refractivity contribution in [2.45, 2.75) is 25.5 Å². The third-order valence-corrected chi connectivity index (χ3v) is 3.61. The summed E-state index contributed by atoms with van der Waals surface area (Å²) in [5.74, 6) is 0.684. The Bertz CT molecular complexity index is 306. The predicted octanol–water partition coefficient (Wildman–Crippen LogP) is 2.15. The Morgan fingerprint density at radius 3 is 2.53 bits per heavy atom. The molecule has 0 aliphatic heterocycles. The molecule has 2 nitrogen and oxygen atoms in total. The van der Waals surface area contributed by atoms with Crippen LogP contribution in [0.25, 0.3) is 0 Å². The van der Waals surface area contributed by atoms with Crippen molar-refractivity contribution < 1.29 is 5.11 Å². The van der Waals surface area contributed by atoms with Crippen LogP contribution in [0.1, 0.15) is 18.4 Å². The summed E-state index contributed by atoms with van der Waals surface area (Å²) >= 11 is 2.31. The van der Waals surface area contributed by atoms with Gasteiger partial charge in [-0.25, -0.2) is 0 Å². The maximum absolute atomic E-state index is 9.14. The van der Waals surface area contributed by atoms with E-state index in [-0.39, 0.29) is 6.10 Å². The van der Waals surface area contributed by atoms with Gasteiger partial charge in [0.25, 0.3) is 0 Å². The van der Waals surface area contributed by atoms with Crippen LogP contribution in [0.15, 0.2) is 24.3 Å². The average molecular weight is 317 g/mol. The van der Waals surface area contributed by atoms with E-state index in [1.54, 1.807) is 0 Å². The Morgan fingerprint density at radius 2 is 1.93 bits per heavy atom. The molecule has 1 aliphatic rings. The number of aliphatic hydroxyl groups is 1. The van der Waals surface area contributed by atoms with Crippen LogP contribution in [0.3, 0.4) is 0 Å². The van der Waals surface area contributed by atoms with E-state index in [1.165, 1.54) is 9.13 Å². The first-order valence-corrected chi connectivity index (χ1v) is 6.45. The van der Waals surface area contributed by atoms with Gasteiger partial charge in [-0.1, -0.05) is 12.1 Å². The lowest BCUT2D eigenvalue weighted by Crippen LogP contribution is -2.35. The first kappa shape index (κ1) is 11.4. The van der Waals surface area contributed by atoms with E-state index in [1.807, 2.05) is 0 Å². The van der Waals surface area contributed by atoms with Crippen LogP contribution in [0.5, 0.6) is 0 Å². The summed E-state index contributed by atoms with van der Waals surface area (Å²) in [5.41, 5.74) is 1.33. The van der Waals surface area contributed by atoms with Crippen LogP contribution in [0.4, 0.5) is 0 Å². The molecule has 0 saturated heterocycles. The molecule has 0 aromatic heterocycles. The van der Waals surface area contributed by atoms with Crippen LogP contribution in [-0.4, -0.2) is 17.8 Å². The number of nitrogens with one attached hydrogen (secondary N) is 1.